The van der Waals surface area contributed by atoms with Crippen molar-refractivity contribution in [3.05, 3.63) is 0 Å². The number of hydrogen-bond donors (Lipinski definition) is 0. The van der Waals surface area contributed by atoms with Gasteiger partial charge in [0.25, 0.3) is 0 Å². The van der Waals surface area contributed by atoms with Crippen LogP contribution in [0.5, 0.6) is 0 Å². The molecule has 7 heavy (non-hydrogen) atoms. The van der Waals surface area contributed by atoms with Crippen molar-refractivity contribution in [2.24, 2.45) is 0 Å². The molecule has 0 heterocycles. The normalized spacial score (nSPS) is 14.1. The zero-order chi connectivity index (χ0) is 5.70. The Kier molecular flexibility index (Phi) is 4.82. The van der Waals surface area contributed by atoms with Gasteiger partial charge in [-0.15, -0.1) is 0 Å². The van der Waals surface area contributed by atoms with E-state index in [1.165, 1.54) is 0 Å². The molecule has 0 aromatic carbocycles. The molecule has 0 saturated carbocycles. The van der Waals surface area contributed by atoms with E-state index in [2.05, 4.69) is 15.9 Å². The molecular formula is C4H9BrO2. The Morgan fingerprint density at radius 2 is 2.29 bits per heavy atom. The molecule has 0 fully saturated rings. The molecule has 0 aromatic rings. The minimum Gasteiger partial charge on any atom is -0.356 e. The summed E-state index contributed by atoms with van der Waals surface area (Å²) in [5.41, 5.74) is 0.530. The van der Waals surface area contributed by atoms with Gasteiger partial charge in [-0.2, -0.15) is 0 Å². The number of ether oxygens (including phenoxy) is 2. The minimum absolute atomic E-state index is 0.0978. The highest BCUT2D eigenvalue weighted by Gasteiger charge is 1.92. The van der Waals surface area contributed by atoms with Crippen molar-refractivity contribution in [3.8, 4) is 0 Å². The first-order chi connectivity index (χ1) is 3.31. The standard InChI is InChI=1S/C4H9BrO2/c1-4(6-2)7-3-5/h4H,3H2,1-2H3. The lowest BCUT2D eigenvalue weighted by Crippen LogP contribution is -2.07. The second kappa shape index (κ2) is 4.56. The highest BCUT2D eigenvalue weighted by molar-refractivity contribution is 9.09. The van der Waals surface area contributed by atoms with Gasteiger partial charge in [-0.1, -0.05) is 15.9 Å². The SMILES string of the molecule is COC(C)OCBr. The van der Waals surface area contributed by atoms with Crippen LogP contribution in [-0.2, 0) is 9.47 Å². The molecule has 0 amide bonds. The molecule has 0 radical (unpaired) electrons. The largest absolute Gasteiger partial charge is 0.356 e. The van der Waals surface area contributed by atoms with Crippen LogP contribution in [0.2, 0.25) is 0 Å². The summed E-state index contributed by atoms with van der Waals surface area (Å²) in [6.07, 6.45) is -0.0978. The molecule has 0 bridgehead atoms. The molecule has 44 valence electrons. The van der Waals surface area contributed by atoms with Gasteiger partial charge in [0.05, 0.1) is 0 Å². The van der Waals surface area contributed by atoms with Gasteiger partial charge < -0.3 is 9.47 Å². The third kappa shape index (κ3) is 4.25. The number of methoxy groups -OCH3 is 1. The summed E-state index contributed by atoms with van der Waals surface area (Å²) in [7, 11) is 1.60. The Balaban J connectivity index is 2.83. The number of alkyl halides is 1. The maximum atomic E-state index is 4.89. The predicted octanol–water partition coefficient (Wildman–Crippen LogP) is 1.35. The van der Waals surface area contributed by atoms with Crippen LogP contribution in [0.25, 0.3) is 0 Å². The van der Waals surface area contributed by atoms with E-state index in [4.69, 9.17) is 9.47 Å². The van der Waals surface area contributed by atoms with E-state index < -0.39 is 0 Å². The molecule has 2 nitrogen and oxygen atoms in total. The van der Waals surface area contributed by atoms with Crippen molar-refractivity contribution in [1.29, 1.82) is 0 Å². The van der Waals surface area contributed by atoms with E-state index >= 15 is 0 Å². The van der Waals surface area contributed by atoms with Crippen molar-refractivity contribution >= 4 is 15.9 Å². The van der Waals surface area contributed by atoms with Crippen LogP contribution < -0.4 is 0 Å². The molecule has 0 aromatic heterocycles. The average molecular weight is 169 g/mol. The van der Waals surface area contributed by atoms with Gasteiger partial charge in [0.1, 0.15) is 5.52 Å². The average Bonchev–Trinajstić information content (AvgIpc) is 1.68. The third-order valence-corrected chi connectivity index (χ3v) is 0.894. The van der Waals surface area contributed by atoms with Crippen molar-refractivity contribution in [2.45, 2.75) is 13.2 Å². The Morgan fingerprint density at radius 3 is 2.43 bits per heavy atom. The topological polar surface area (TPSA) is 18.5 Å². The smallest absolute Gasteiger partial charge is 0.155 e. The maximum absolute atomic E-state index is 4.89. The van der Waals surface area contributed by atoms with E-state index in [0.29, 0.717) is 5.52 Å². The van der Waals surface area contributed by atoms with Gasteiger partial charge in [0.15, 0.2) is 6.29 Å². The quantitative estimate of drug-likeness (QED) is 0.468. The second-order valence-corrected chi connectivity index (χ2v) is 1.54. The summed E-state index contributed by atoms with van der Waals surface area (Å²) in [5, 5.41) is 0. The Bertz CT molecular complexity index is 40.7. The lowest BCUT2D eigenvalue weighted by molar-refractivity contribution is -0.0925. The Morgan fingerprint density at radius 1 is 1.71 bits per heavy atom. The lowest BCUT2D eigenvalue weighted by atomic mass is 10.8. The minimum atomic E-state index is -0.0978. The number of rotatable bonds is 3. The highest BCUT2D eigenvalue weighted by Crippen LogP contribution is 1.91. The first kappa shape index (κ1) is 7.40. The molecule has 0 rings (SSSR count). The number of hydrogen-bond acceptors (Lipinski definition) is 2. The highest BCUT2D eigenvalue weighted by atomic mass is 79.9. The monoisotopic (exact) mass is 168 g/mol. The van der Waals surface area contributed by atoms with Crippen LogP contribution >= 0.6 is 15.9 Å². The summed E-state index contributed by atoms with van der Waals surface area (Å²) in [6, 6.07) is 0. The zero-order valence-corrected chi connectivity index (χ0v) is 6.06. The number of halogens is 1. The van der Waals surface area contributed by atoms with Crippen LogP contribution in [-0.4, -0.2) is 18.9 Å². The zero-order valence-electron chi connectivity index (χ0n) is 4.48. The fourth-order valence-corrected chi connectivity index (χ4v) is 0.529. The molecule has 0 saturated heterocycles. The summed E-state index contributed by atoms with van der Waals surface area (Å²) in [5.74, 6) is 0. The van der Waals surface area contributed by atoms with Gasteiger partial charge in [-0.3, -0.25) is 0 Å². The molecule has 1 atom stereocenters. The van der Waals surface area contributed by atoms with Gasteiger partial charge in [-0.05, 0) is 6.92 Å². The lowest BCUT2D eigenvalue weighted by Gasteiger charge is -2.05. The Labute approximate surface area is 51.9 Å². The summed E-state index contributed by atoms with van der Waals surface area (Å²) in [4.78, 5) is 0. The van der Waals surface area contributed by atoms with Gasteiger partial charge in [0, 0.05) is 7.11 Å². The van der Waals surface area contributed by atoms with E-state index in [1.807, 2.05) is 6.92 Å². The van der Waals surface area contributed by atoms with Crippen LogP contribution in [0.1, 0.15) is 6.92 Å². The van der Waals surface area contributed by atoms with Crippen molar-refractivity contribution in [2.75, 3.05) is 12.6 Å². The van der Waals surface area contributed by atoms with E-state index in [1.54, 1.807) is 7.11 Å². The van der Waals surface area contributed by atoms with Crippen LogP contribution in [0.15, 0.2) is 0 Å². The van der Waals surface area contributed by atoms with E-state index in [0.717, 1.165) is 0 Å². The third-order valence-electron chi connectivity index (χ3n) is 0.630. The van der Waals surface area contributed by atoms with Crippen LogP contribution in [0.3, 0.4) is 0 Å². The first-order valence-corrected chi connectivity index (χ1v) is 3.13. The summed E-state index contributed by atoms with van der Waals surface area (Å²) in [6.45, 7) is 1.83. The molecular weight excluding hydrogens is 160 g/mol. The van der Waals surface area contributed by atoms with E-state index in [-0.39, 0.29) is 6.29 Å². The fourth-order valence-electron chi connectivity index (χ4n) is 0.157. The first-order valence-electron chi connectivity index (χ1n) is 2.01. The molecule has 0 aliphatic rings. The summed E-state index contributed by atoms with van der Waals surface area (Å²) >= 11 is 3.09. The molecule has 3 heteroatoms. The molecule has 1 unspecified atom stereocenters. The van der Waals surface area contributed by atoms with Crippen molar-refractivity contribution in [1.82, 2.24) is 0 Å². The predicted molar refractivity (Wildman–Crippen MR) is 31.3 cm³/mol. The van der Waals surface area contributed by atoms with Crippen molar-refractivity contribution < 1.29 is 9.47 Å². The molecule has 0 aliphatic heterocycles. The fraction of sp³-hybridized carbons (Fsp3) is 1.00. The Hall–Kier alpha value is 0.400. The van der Waals surface area contributed by atoms with Gasteiger partial charge in [0.2, 0.25) is 0 Å². The molecule has 0 aliphatic carbocycles. The molecule has 0 N–H and O–H groups in total. The molecule has 0 spiro atoms. The second-order valence-electron chi connectivity index (χ2n) is 1.08. The van der Waals surface area contributed by atoms with E-state index in [9.17, 15) is 0 Å². The van der Waals surface area contributed by atoms with Crippen LogP contribution in [0.4, 0.5) is 0 Å². The summed E-state index contributed by atoms with van der Waals surface area (Å²) < 4.78 is 9.62. The van der Waals surface area contributed by atoms with Gasteiger partial charge >= 0.3 is 0 Å². The van der Waals surface area contributed by atoms with Crippen LogP contribution in [0, 0.1) is 0 Å². The maximum Gasteiger partial charge on any atom is 0.155 e. The van der Waals surface area contributed by atoms with Crippen molar-refractivity contribution in [3.63, 3.8) is 0 Å². The van der Waals surface area contributed by atoms with Gasteiger partial charge in [-0.25, -0.2) is 0 Å².